The summed E-state index contributed by atoms with van der Waals surface area (Å²) in [5.41, 5.74) is 1.92. The van der Waals surface area contributed by atoms with Crippen molar-refractivity contribution in [3.63, 3.8) is 0 Å². The van der Waals surface area contributed by atoms with Crippen LogP contribution >= 0.6 is 11.3 Å². The lowest BCUT2D eigenvalue weighted by atomic mass is 10.1. The number of nitrogens with one attached hydrogen (secondary N) is 1. The molecule has 120 valence electrons. The smallest absolute Gasteiger partial charge is 0.187 e. The summed E-state index contributed by atoms with van der Waals surface area (Å²) >= 11 is 1.53. The summed E-state index contributed by atoms with van der Waals surface area (Å²) in [6.45, 7) is 2.10. The number of anilines is 2. The molecule has 1 aromatic heterocycles. The molecule has 0 bridgehead atoms. The molecular formula is C16H17N3O3S. The second kappa shape index (κ2) is 7.03. The standard InChI is InChI=1S/C16H17N3O3S/c1-11-15(9-10-22-19(20)21)23-16(17-11)18-14-8-4-6-12-5-2-3-7-13(12)14/h2-8,20-21H,9-10H2,1H3,(H,17,18). The van der Waals surface area contributed by atoms with Crippen molar-refractivity contribution in [2.24, 2.45) is 0 Å². The van der Waals surface area contributed by atoms with Gasteiger partial charge < -0.3 is 5.32 Å². The van der Waals surface area contributed by atoms with Crippen LogP contribution in [-0.2, 0) is 11.3 Å². The van der Waals surface area contributed by atoms with Crippen LogP contribution in [0.2, 0.25) is 0 Å². The molecule has 0 saturated carbocycles. The predicted octanol–water partition coefficient (Wildman–Crippen LogP) is 3.90. The Morgan fingerprint density at radius 2 is 1.96 bits per heavy atom. The molecule has 0 amide bonds. The van der Waals surface area contributed by atoms with Crippen molar-refractivity contribution in [3.05, 3.63) is 53.0 Å². The van der Waals surface area contributed by atoms with Crippen LogP contribution in [0.5, 0.6) is 0 Å². The Labute approximate surface area is 137 Å². The molecule has 0 aliphatic heterocycles. The highest BCUT2D eigenvalue weighted by molar-refractivity contribution is 7.15. The highest BCUT2D eigenvalue weighted by Gasteiger charge is 2.09. The first-order valence-corrected chi connectivity index (χ1v) is 7.97. The number of aromatic nitrogens is 1. The van der Waals surface area contributed by atoms with Gasteiger partial charge in [-0.25, -0.2) is 4.98 Å². The van der Waals surface area contributed by atoms with Gasteiger partial charge in [0.05, 0.1) is 17.7 Å². The van der Waals surface area contributed by atoms with Crippen LogP contribution in [0.1, 0.15) is 10.6 Å². The van der Waals surface area contributed by atoms with Gasteiger partial charge in [0.2, 0.25) is 0 Å². The summed E-state index contributed by atoms with van der Waals surface area (Å²) in [5.74, 6) is 0. The van der Waals surface area contributed by atoms with E-state index in [2.05, 4.69) is 33.3 Å². The zero-order valence-electron chi connectivity index (χ0n) is 12.6. The fraction of sp³-hybridized carbons (Fsp3) is 0.188. The third kappa shape index (κ3) is 3.84. The van der Waals surface area contributed by atoms with Gasteiger partial charge in [0, 0.05) is 22.4 Å². The van der Waals surface area contributed by atoms with Gasteiger partial charge in [0.15, 0.2) is 5.13 Å². The molecule has 0 spiro atoms. The quantitative estimate of drug-likeness (QED) is 0.595. The Hall–Kier alpha value is -2.03. The van der Waals surface area contributed by atoms with E-state index in [9.17, 15) is 0 Å². The van der Waals surface area contributed by atoms with Crippen LogP contribution in [0.4, 0.5) is 10.8 Å². The number of benzene rings is 2. The summed E-state index contributed by atoms with van der Waals surface area (Å²) in [5, 5.41) is 23.3. The van der Waals surface area contributed by atoms with Crippen LogP contribution in [0.25, 0.3) is 10.8 Å². The van der Waals surface area contributed by atoms with Crippen LogP contribution < -0.4 is 5.32 Å². The lowest BCUT2D eigenvalue weighted by Gasteiger charge is -2.07. The summed E-state index contributed by atoms with van der Waals surface area (Å²) in [7, 11) is 0. The van der Waals surface area contributed by atoms with E-state index in [0.29, 0.717) is 6.42 Å². The highest BCUT2D eigenvalue weighted by atomic mass is 32.1. The number of fused-ring (bicyclic) bond motifs is 1. The minimum absolute atomic E-state index is 0.170. The van der Waals surface area contributed by atoms with Gasteiger partial charge in [0.25, 0.3) is 0 Å². The van der Waals surface area contributed by atoms with Crippen LogP contribution in [0.3, 0.4) is 0 Å². The Kier molecular flexibility index (Phi) is 4.85. The van der Waals surface area contributed by atoms with Gasteiger partial charge in [-0.2, -0.15) is 0 Å². The van der Waals surface area contributed by atoms with E-state index >= 15 is 0 Å². The fourth-order valence-electron chi connectivity index (χ4n) is 2.38. The van der Waals surface area contributed by atoms with Crippen molar-refractivity contribution in [1.29, 1.82) is 0 Å². The molecule has 3 N–H and O–H groups in total. The maximum Gasteiger partial charge on any atom is 0.187 e. The average Bonchev–Trinajstić information content (AvgIpc) is 2.87. The number of hydrogen-bond donors (Lipinski definition) is 3. The zero-order chi connectivity index (χ0) is 16.2. The molecule has 23 heavy (non-hydrogen) atoms. The summed E-state index contributed by atoms with van der Waals surface area (Å²) in [6, 6.07) is 14.3. The maximum atomic E-state index is 8.54. The van der Waals surface area contributed by atoms with Crippen molar-refractivity contribution >= 4 is 32.9 Å². The van der Waals surface area contributed by atoms with E-state index in [0.717, 1.165) is 26.8 Å². The van der Waals surface area contributed by atoms with Crippen molar-refractivity contribution in [3.8, 4) is 0 Å². The fourth-order valence-corrected chi connectivity index (χ4v) is 3.34. The predicted molar refractivity (Wildman–Crippen MR) is 89.1 cm³/mol. The minimum Gasteiger partial charge on any atom is -0.331 e. The average molecular weight is 331 g/mol. The van der Waals surface area contributed by atoms with Gasteiger partial charge in [-0.05, 0) is 18.4 Å². The lowest BCUT2D eigenvalue weighted by Crippen LogP contribution is -2.16. The maximum absolute atomic E-state index is 8.54. The third-order valence-corrected chi connectivity index (χ3v) is 4.59. The van der Waals surface area contributed by atoms with Crippen LogP contribution in [0, 0.1) is 6.92 Å². The van der Waals surface area contributed by atoms with E-state index in [1.54, 1.807) is 0 Å². The summed E-state index contributed by atoms with van der Waals surface area (Å²) < 4.78 is 0. The van der Waals surface area contributed by atoms with E-state index in [1.807, 2.05) is 31.2 Å². The van der Waals surface area contributed by atoms with Crippen LogP contribution in [0.15, 0.2) is 42.5 Å². The molecule has 0 atom stereocenters. The van der Waals surface area contributed by atoms with E-state index < -0.39 is 0 Å². The van der Waals surface area contributed by atoms with Crippen molar-refractivity contribution < 1.29 is 15.3 Å². The number of thiazole rings is 1. The Morgan fingerprint density at radius 3 is 2.78 bits per heavy atom. The SMILES string of the molecule is Cc1nc(Nc2cccc3ccccc23)sc1CCON(O)O. The molecule has 0 saturated heterocycles. The first kappa shape index (κ1) is 15.9. The molecule has 7 heteroatoms. The highest BCUT2D eigenvalue weighted by Crippen LogP contribution is 2.30. The largest absolute Gasteiger partial charge is 0.331 e. The molecule has 1 heterocycles. The zero-order valence-corrected chi connectivity index (χ0v) is 13.4. The molecule has 0 radical (unpaired) electrons. The molecule has 0 fully saturated rings. The van der Waals surface area contributed by atoms with Crippen molar-refractivity contribution in [2.75, 3.05) is 11.9 Å². The van der Waals surface area contributed by atoms with Crippen molar-refractivity contribution in [2.45, 2.75) is 13.3 Å². The Bertz CT molecular complexity index is 799. The van der Waals surface area contributed by atoms with Gasteiger partial charge >= 0.3 is 0 Å². The Morgan fingerprint density at radius 1 is 1.17 bits per heavy atom. The Balaban J connectivity index is 1.77. The molecule has 3 rings (SSSR count). The number of aryl methyl sites for hydroxylation is 1. The third-order valence-electron chi connectivity index (χ3n) is 3.46. The molecule has 0 aliphatic carbocycles. The second-order valence-corrected chi connectivity index (χ2v) is 6.10. The summed E-state index contributed by atoms with van der Waals surface area (Å²) in [4.78, 5) is 10.1. The van der Waals surface area contributed by atoms with Gasteiger partial charge in [-0.15, -0.1) is 11.3 Å². The van der Waals surface area contributed by atoms with Crippen LogP contribution in [-0.4, -0.2) is 27.4 Å². The van der Waals surface area contributed by atoms with E-state index in [4.69, 9.17) is 10.4 Å². The number of hydrogen-bond acceptors (Lipinski definition) is 7. The van der Waals surface area contributed by atoms with E-state index in [1.165, 1.54) is 16.7 Å². The second-order valence-electron chi connectivity index (χ2n) is 5.02. The lowest BCUT2D eigenvalue weighted by molar-refractivity contribution is -0.492. The molecule has 0 unspecified atom stereocenters. The normalized spacial score (nSPS) is 11.3. The van der Waals surface area contributed by atoms with E-state index in [-0.39, 0.29) is 12.0 Å². The molecule has 0 aliphatic rings. The molecular weight excluding hydrogens is 314 g/mol. The van der Waals surface area contributed by atoms with Crippen molar-refractivity contribution in [1.82, 2.24) is 10.4 Å². The molecule has 2 aromatic carbocycles. The number of nitrogens with zero attached hydrogens (tertiary/aromatic N) is 2. The van der Waals surface area contributed by atoms with Gasteiger partial charge in [0.1, 0.15) is 0 Å². The summed E-state index contributed by atoms with van der Waals surface area (Å²) in [6.07, 6.45) is 0.554. The monoisotopic (exact) mass is 331 g/mol. The topological polar surface area (TPSA) is 77.9 Å². The first-order valence-electron chi connectivity index (χ1n) is 7.15. The minimum atomic E-state index is -0.272. The van der Waals surface area contributed by atoms with Gasteiger partial charge in [-0.1, -0.05) is 36.4 Å². The molecule has 3 aromatic rings. The number of rotatable bonds is 6. The van der Waals surface area contributed by atoms with Gasteiger partial charge in [-0.3, -0.25) is 15.3 Å². The first-order chi connectivity index (χ1) is 11.1. The molecule has 6 nitrogen and oxygen atoms in total.